The predicted octanol–water partition coefficient (Wildman–Crippen LogP) is 1.58. The quantitative estimate of drug-likeness (QED) is 0.558. The summed E-state index contributed by atoms with van der Waals surface area (Å²) in [4.78, 5) is 16.1. The molecule has 1 amide bonds. The molecule has 1 aromatic rings. The highest BCUT2D eigenvalue weighted by Gasteiger charge is 2.01. The first-order valence-electron chi connectivity index (χ1n) is 5.61. The first kappa shape index (κ1) is 13.5. The summed E-state index contributed by atoms with van der Waals surface area (Å²) >= 11 is 0. The second-order valence-corrected chi connectivity index (χ2v) is 3.51. The van der Waals surface area contributed by atoms with Gasteiger partial charge in [-0.15, -0.1) is 0 Å². The van der Waals surface area contributed by atoms with Gasteiger partial charge in [0.1, 0.15) is 6.61 Å². The summed E-state index contributed by atoms with van der Waals surface area (Å²) in [5.41, 5.74) is 8.46. The average Bonchev–Trinajstić information content (AvgIpc) is 2.37. The minimum atomic E-state index is -0.582. The van der Waals surface area contributed by atoms with Crippen LogP contribution in [0.15, 0.2) is 30.3 Å². The van der Waals surface area contributed by atoms with Gasteiger partial charge in [-0.05, 0) is 24.9 Å². The van der Waals surface area contributed by atoms with Crippen LogP contribution in [-0.2, 0) is 16.2 Å². The largest absolute Gasteiger partial charge is 0.443 e. The third-order valence-corrected chi connectivity index (χ3v) is 2.07. The summed E-state index contributed by atoms with van der Waals surface area (Å²) in [6.07, 6.45) is 1.11. The van der Waals surface area contributed by atoms with Crippen molar-refractivity contribution in [2.45, 2.75) is 19.4 Å². The van der Waals surface area contributed by atoms with Crippen LogP contribution in [0, 0.1) is 0 Å². The van der Waals surface area contributed by atoms with Crippen molar-refractivity contribution in [1.82, 2.24) is 5.48 Å². The van der Waals surface area contributed by atoms with E-state index >= 15 is 0 Å². The van der Waals surface area contributed by atoms with Gasteiger partial charge in [-0.1, -0.05) is 30.3 Å². The zero-order valence-corrected chi connectivity index (χ0v) is 9.72. The van der Waals surface area contributed by atoms with Crippen molar-refractivity contribution in [2.75, 3.05) is 13.2 Å². The Bertz CT molecular complexity index is 317. The second-order valence-electron chi connectivity index (χ2n) is 3.51. The first-order valence-corrected chi connectivity index (χ1v) is 5.61. The monoisotopic (exact) mass is 238 g/mol. The van der Waals surface area contributed by atoms with E-state index in [1.165, 1.54) is 0 Å². The summed E-state index contributed by atoms with van der Waals surface area (Å²) < 4.78 is 4.93. The van der Waals surface area contributed by atoms with Crippen LogP contribution < -0.4 is 11.2 Å². The maximum Gasteiger partial charge on any atom is 0.431 e. The number of hydrogen-bond donors (Lipinski definition) is 2. The minimum absolute atomic E-state index is 0.235. The molecule has 0 aliphatic heterocycles. The van der Waals surface area contributed by atoms with E-state index in [1.807, 2.05) is 30.3 Å². The van der Waals surface area contributed by atoms with Gasteiger partial charge in [0.05, 0.1) is 6.61 Å². The fraction of sp³-hybridized carbons (Fsp3) is 0.417. The third kappa shape index (κ3) is 6.55. The van der Waals surface area contributed by atoms with Gasteiger partial charge in [0.25, 0.3) is 0 Å². The van der Waals surface area contributed by atoms with E-state index in [2.05, 4.69) is 5.48 Å². The first-order chi connectivity index (χ1) is 8.33. The summed E-state index contributed by atoms with van der Waals surface area (Å²) in [5.74, 6) is 0. The molecule has 0 unspecified atom stereocenters. The normalized spacial score (nSPS) is 9.94. The molecule has 0 saturated heterocycles. The summed E-state index contributed by atoms with van der Waals surface area (Å²) in [6, 6.07) is 9.45. The topological polar surface area (TPSA) is 73.6 Å². The Balaban J connectivity index is 2.05. The van der Waals surface area contributed by atoms with Gasteiger partial charge in [0.2, 0.25) is 0 Å². The maximum absolute atomic E-state index is 11.2. The number of nitrogens with two attached hydrogens (primary N) is 1. The number of ether oxygens (including phenoxy) is 1. The molecule has 1 aromatic carbocycles. The van der Waals surface area contributed by atoms with Gasteiger partial charge in [-0.25, -0.2) is 4.79 Å². The number of carbonyl (C=O) groups is 1. The Morgan fingerprint density at radius 1 is 1.24 bits per heavy atom. The molecule has 5 nitrogen and oxygen atoms in total. The zero-order chi connectivity index (χ0) is 12.3. The lowest BCUT2D eigenvalue weighted by molar-refractivity contribution is 0.0240. The van der Waals surface area contributed by atoms with Gasteiger partial charge in [-0.2, -0.15) is 5.48 Å². The molecule has 0 bridgehead atoms. The van der Waals surface area contributed by atoms with E-state index in [4.69, 9.17) is 15.3 Å². The Morgan fingerprint density at radius 2 is 2.00 bits per heavy atom. The molecule has 0 saturated carbocycles. The predicted molar refractivity (Wildman–Crippen MR) is 64.0 cm³/mol. The molecular formula is C12H18N2O3. The van der Waals surface area contributed by atoms with Crippen molar-refractivity contribution in [3.05, 3.63) is 35.9 Å². The highest BCUT2D eigenvalue weighted by molar-refractivity contribution is 5.65. The number of rotatable bonds is 7. The Hall–Kier alpha value is -1.59. The molecule has 0 aliphatic carbocycles. The molecule has 3 N–H and O–H groups in total. The van der Waals surface area contributed by atoms with E-state index < -0.39 is 6.09 Å². The molecule has 0 aromatic heterocycles. The highest BCUT2D eigenvalue weighted by Crippen LogP contribution is 2.00. The molecule has 0 fully saturated rings. The summed E-state index contributed by atoms with van der Waals surface area (Å²) in [5, 5.41) is 0. The number of nitrogens with one attached hydrogen (secondary N) is 1. The van der Waals surface area contributed by atoms with Crippen LogP contribution >= 0.6 is 0 Å². The molecular weight excluding hydrogens is 220 g/mol. The van der Waals surface area contributed by atoms with Crippen LogP contribution in [0.3, 0.4) is 0 Å². The fourth-order valence-electron chi connectivity index (χ4n) is 1.18. The van der Waals surface area contributed by atoms with Crippen molar-refractivity contribution < 1.29 is 14.4 Å². The average molecular weight is 238 g/mol. The fourth-order valence-corrected chi connectivity index (χ4v) is 1.18. The van der Waals surface area contributed by atoms with Gasteiger partial charge in [-0.3, -0.25) is 4.84 Å². The van der Waals surface area contributed by atoms with E-state index in [0.29, 0.717) is 13.2 Å². The molecule has 0 aliphatic rings. The SMILES string of the molecule is NCCCCONC(=O)OCc1ccccc1. The van der Waals surface area contributed by atoms with Crippen LogP contribution in [0.4, 0.5) is 4.79 Å². The molecule has 5 heteroatoms. The van der Waals surface area contributed by atoms with E-state index in [0.717, 1.165) is 18.4 Å². The van der Waals surface area contributed by atoms with E-state index in [9.17, 15) is 4.79 Å². The second kappa shape index (κ2) is 8.55. The molecule has 94 valence electrons. The number of benzene rings is 1. The van der Waals surface area contributed by atoms with Crippen LogP contribution in [0.5, 0.6) is 0 Å². The van der Waals surface area contributed by atoms with Gasteiger partial charge in [0.15, 0.2) is 0 Å². The number of amides is 1. The third-order valence-electron chi connectivity index (χ3n) is 2.07. The standard InChI is InChI=1S/C12H18N2O3/c13-8-4-5-9-17-14-12(15)16-10-11-6-2-1-3-7-11/h1-3,6-7H,4-5,8-10,13H2,(H,14,15). The molecule has 0 heterocycles. The van der Waals surface area contributed by atoms with Crippen LogP contribution in [0.2, 0.25) is 0 Å². The molecule has 1 rings (SSSR count). The Morgan fingerprint density at radius 3 is 2.71 bits per heavy atom. The van der Waals surface area contributed by atoms with Crippen molar-refractivity contribution in [1.29, 1.82) is 0 Å². The lowest BCUT2D eigenvalue weighted by Crippen LogP contribution is -2.25. The molecule has 17 heavy (non-hydrogen) atoms. The number of carbonyl (C=O) groups excluding carboxylic acids is 1. The zero-order valence-electron chi connectivity index (χ0n) is 9.72. The lowest BCUT2D eigenvalue weighted by Gasteiger charge is -2.06. The van der Waals surface area contributed by atoms with Gasteiger partial charge in [0, 0.05) is 0 Å². The van der Waals surface area contributed by atoms with E-state index in [-0.39, 0.29) is 6.61 Å². The smallest absolute Gasteiger partial charge is 0.431 e. The van der Waals surface area contributed by atoms with Gasteiger partial charge < -0.3 is 10.5 Å². The van der Waals surface area contributed by atoms with Crippen LogP contribution in [-0.4, -0.2) is 19.2 Å². The van der Waals surface area contributed by atoms with Crippen molar-refractivity contribution >= 4 is 6.09 Å². The highest BCUT2D eigenvalue weighted by atomic mass is 16.7. The lowest BCUT2D eigenvalue weighted by atomic mass is 10.2. The number of hydroxylamine groups is 1. The molecule has 0 spiro atoms. The van der Waals surface area contributed by atoms with E-state index in [1.54, 1.807) is 0 Å². The van der Waals surface area contributed by atoms with Gasteiger partial charge >= 0.3 is 6.09 Å². The summed E-state index contributed by atoms with van der Waals surface area (Å²) in [6.45, 7) is 1.30. The van der Waals surface area contributed by atoms with Crippen molar-refractivity contribution in [2.24, 2.45) is 5.73 Å². The number of unbranched alkanes of at least 4 members (excludes halogenated alkanes) is 1. The van der Waals surface area contributed by atoms with Crippen LogP contribution in [0.1, 0.15) is 18.4 Å². The van der Waals surface area contributed by atoms with Crippen molar-refractivity contribution in [3.63, 3.8) is 0 Å². The van der Waals surface area contributed by atoms with Crippen molar-refractivity contribution in [3.8, 4) is 0 Å². The summed E-state index contributed by atoms with van der Waals surface area (Å²) in [7, 11) is 0. The Kier molecular flexibility index (Phi) is 6.78. The van der Waals surface area contributed by atoms with Crippen LogP contribution in [0.25, 0.3) is 0 Å². The Labute approximate surface area is 101 Å². The number of hydrogen-bond acceptors (Lipinski definition) is 4. The molecule has 0 radical (unpaired) electrons. The molecule has 0 atom stereocenters. The minimum Gasteiger partial charge on any atom is -0.443 e. The maximum atomic E-state index is 11.2.